The number of nitrogens with one attached hydrogen (secondary N) is 1. The minimum atomic E-state index is -0.0841. The van der Waals surface area contributed by atoms with Crippen molar-refractivity contribution in [3.05, 3.63) is 53.9 Å². The summed E-state index contributed by atoms with van der Waals surface area (Å²) >= 11 is 0. The van der Waals surface area contributed by atoms with Crippen molar-refractivity contribution in [2.75, 3.05) is 11.1 Å². The summed E-state index contributed by atoms with van der Waals surface area (Å²) in [5, 5.41) is 2.92. The van der Waals surface area contributed by atoms with Gasteiger partial charge in [0.1, 0.15) is 12.4 Å². The Morgan fingerprint density at radius 2 is 2.00 bits per heavy atom. The molecule has 3 aromatic rings. The molecule has 1 heterocycles. The summed E-state index contributed by atoms with van der Waals surface area (Å²) in [5.74, 6) is 0.740. The summed E-state index contributed by atoms with van der Waals surface area (Å²) in [4.78, 5) is 16.8. The molecule has 0 fully saturated rings. The molecule has 0 atom stereocenters. The molecule has 0 saturated carbocycles. The van der Waals surface area contributed by atoms with Gasteiger partial charge in [0, 0.05) is 11.4 Å². The number of anilines is 2. The zero-order chi connectivity index (χ0) is 15.7. The molecule has 1 amide bonds. The first-order valence-corrected chi connectivity index (χ1v) is 7.12. The number of carbonyl (C=O) groups is 1. The van der Waals surface area contributed by atoms with Gasteiger partial charge in [0.15, 0.2) is 0 Å². The van der Waals surface area contributed by atoms with E-state index in [1.165, 1.54) is 0 Å². The average molecular weight is 294 g/mol. The highest BCUT2D eigenvalue weighted by Gasteiger charge is 2.11. The number of aromatic nitrogens is 2. The molecule has 3 rings (SSSR count). The number of carbonyl (C=O) groups excluding carboxylic acids is 1. The molecule has 0 spiro atoms. The minimum Gasteiger partial charge on any atom is -0.399 e. The third kappa shape index (κ3) is 2.65. The molecular weight excluding hydrogens is 276 g/mol. The largest absolute Gasteiger partial charge is 0.399 e. The second kappa shape index (κ2) is 5.52. The van der Waals surface area contributed by atoms with Crippen molar-refractivity contribution in [2.45, 2.75) is 20.4 Å². The maximum Gasteiger partial charge on any atom is 0.244 e. The number of rotatable bonds is 3. The summed E-state index contributed by atoms with van der Waals surface area (Å²) < 4.78 is 1.91. The van der Waals surface area contributed by atoms with Crippen LogP contribution in [-0.2, 0) is 11.3 Å². The van der Waals surface area contributed by atoms with Crippen molar-refractivity contribution in [1.82, 2.24) is 9.55 Å². The van der Waals surface area contributed by atoms with E-state index in [2.05, 4.69) is 10.3 Å². The quantitative estimate of drug-likeness (QED) is 0.729. The number of benzene rings is 2. The smallest absolute Gasteiger partial charge is 0.244 e. The lowest BCUT2D eigenvalue weighted by molar-refractivity contribution is -0.116. The molecule has 22 heavy (non-hydrogen) atoms. The van der Waals surface area contributed by atoms with E-state index < -0.39 is 0 Å². The van der Waals surface area contributed by atoms with Crippen LogP contribution in [0.3, 0.4) is 0 Å². The Morgan fingerprint density at radius 3 is 2.77 bits per heavy atom. The Balaban J connectivity index is 1.83. The highest BCUT2D eigenvalue weighted by molar-refractivity contribution is 5.92. The van der Waals surface area contributed by atoms with E-state index in [4.69, 9.17) is 5.73 Å². The van der Waals surface area contributed by atoms with Gasteiger partial charge in [0.2, 0.25) is 5.91 Å². The molecule has 5 heteroatoms. The van der Waals surface area contributed by atoms with E-state index in [9.17, 15) is 4.79 Å². The van der Waals surface area contributed by atoms with Gasteiger partial charge in [-0.15, -0.1) is 0 Å². The number of para-hydroxylation sites is 2. The number of hydrogen-bond donors (Lipinski definition) is 2. The van der Waals surface area contributed by atoms with E-state index in [1.54, 1.807) is 6.07 Å². The minimum absolute atomic E-state index is 0.0841. The molecule has 2 aromatic carbocycles. The fourth-order valence-corrected chi connectivity index (χ4v) is 2.56. The topological polar surface area (TPSA) is 72.9 Å². The Morgan fingerprint density at radius 1 is 1.23 bits per heavy atom. The number of nitrogens with two attached hydrogens (primary N) is 1. The summed E-state index contributed by atoms with van der Waals surface area (Å²) in [6.45, 7) is 4.06. The second-order valence-electron chi connectivity index (χ2n) is 5.36. The number of aryl methyl sites for hydroxylation is 2. The lowest BCUT2D eigenvalue weighted by atomic mass is 10.2. The van der Waals surface area contributed by atoms with Gasteiger partial charge in [-0.2, -0.15) is 0 Å². The van der Waals surface area contributed by atoms with Gasteiger partial charge < -0.3 is 15.6 Å². The lowest BCUT2D eigenvalue weighted by Crippen LogP contribution is -2.20. The Bertz CT molecular complexity index is 851. The van der Waals surface area contributed by atoms with Gasteiger partial charge in [0.25, 0.3) is 0 Å². The van der Waals surface area contributed by atoms with Crippen molar-refractivity contribution < 1.29 is 4.79 Å². The second-order valence-corrected chi connectivity index (χ2v) is 5.36. The van der Waals surface area contributed by atoms with Crippen LogP contribution in [0.15, 0.2) is 42.5 Å². The van der Waals surface area contributed by atoms with Crippen molar-refractivity contribution >= 4 is 28.3 Å². The highest BCUT2D eigenvalue weighted by atomic mass is 16.1. The first-order chi connectivity index (χ1) is 10.5. The normalized spacial score (nSPS) is 10.8. The first-order valence-electron chi connectivity index (χ1n) is 7.12. The first kappa shape index (κ1) is 14.1. The van der Waals surface area contributed by atoms with Gasteiger partial charge in [0.05, 0.1) is 11.0 Å². The van der Waals surface area contributed by atoms with Crippen LogP contribution >= 0.6 is 0 Å². The van der Waals surface area contributed by atoms with Crippen LogP contribution in [0.25, 0.3) is 11.0 Å². The van der Waals surface area contributed by atoms with E-state index in [0.717, 1.165) is 28.1 Å². The van der Waals surface area contributed by atoms with Crippen LogP contribution in [0, 0.1) is 13.8 Å². The summed E-state index contributed by atoms with van der Waals surface area (Å²) in [6, 6.07) is 13.2. The van der Waals surface area contributed by atoms with Crippen LogP contribution in [0.2, 0.25) is 0 Å². The predicted molar refractivity (Wildman–Crippen MR) is 88.7 cm³/mol. The zero-order valence-corrected chi connectivity index (χ0v) is 12.6. The highest BCUT2D eigenvalue weighted by Crippen LogP contribution is 2.19. The fraction of sp³-hybridized carbons (Fsp3) is 0.176. The molecule has 0 aliphatic heterocycles. The number of imidazole rings is 1. The zero-order valence-electron chi connectivity index (χ0n) is 12.6. The summed E-state index contributed by atoms with van der Waals surface area (Å²) in [6.07, 6.45) is 0. The van der Waals surface area contributed by atoms with E-state index in [0.29, 0.717) is 5.69 Å². The monoisotopic (exact) mass is 294 g/mol. The number of amides is 1. The molecule has 0 aliphatic carbocycles. The standard InChI is InChI=1S/C17H18N4O/c1-11-9-13(18)7-8-14(11)20-17(22)10-21-12(2)19-15-5-3-4-6-16(15)21/h3-9H,10,18H2,1-2H3,(H,20,22). The molecule has 5 nitrogen and oxygen atoms in total. The van der Waals surface area contributed by atoms with Crippen molar-refractivity contribution in [3.8, 4) is 0 Å². The molecule has 3 N–H and O–H groups in total. The number of nitrogen functional groups attached to an aromatic ring is 1. The Hall–Kier alpha value is -2.82. The van der Waals surface area contributed by atoms with Crippen LogP contribution in [-0.4, -0.2) is 15.5 Å². The summed E-state index contributed by atoms with van der Waals surface area (Å²) in [7, 11) is 0. The third-order valence-electron chi connectivity index (χ3n) is 3.67. The van der Waals surface area contributed by atoms with Gasteiger partial charge in [-0.3, -0.25) is 4.79 Å². The Kier molecular flexibility index (Phi) is 3.55. The molecule has 0 aliphatic rings. The molecule has 112 valence electrons. The SMILES string of the molecule is Cc1cc(N)ccc1NC(=O)Cn1c(C)nc2ccccc21. The fourth-order valence-electron chi connectivity index (χ4n) is 2.56. The summed E-state index contributed by atoms with van der Waals surface area (Å²) in [5.41, 5.74) is 10.00. The van der Waals surface area contributed by atoms with E-state index in [-0.39, 0.29) is 12.5 Å². The van der Waals surface area contributed by atoms with Crippen molar-refractivity contribution in [2.24, 2.45) is 0 Å². The van der Waals surface area contributed by atoms with Crippen molar-refractivity contribution in [1.29, 1.82) is 0 Å². The third-order valence-corrected chi connectivity index (χ3v) is 3.67. The van der Waals surface area contributed by atoms with Gasteiger partial charge in [-0.05, 0) is 49.7 Å². The molecule has 0 radical (unpaired) electrons. The molecule has 0 saturated heterocycles. The molecule has 1 aromatic heterocycles. The number of fused-ring (bicyclic) bond motifs is 1. The van der Waals surface area contributed by atoms with Crippen LogP contribution < -0.4 is 11.1 Å². The molecule has 0 unspecified atom stereocenters. The van der Waals surface area contributed by atoms with E-state index >= 15 is 0 Å². The van der Waals surface area contributed by atoms with Crippen molar-refractivity contribution in [3.63, 3.8) is 0 Å². The van der Waals surface area contributed by atoms with Gasteiger partial charge in [-0.25, -0.2) is 4.98 Å². The van der Waals surface area contributed by atoms with Gasteiger partial charge >= 0.3 is 0 Å². The van der Waals surface area contributed by atoms with Crippen LogP contribution in [0.4, 0.5) is 11.4 Å². The molecular formula is C17H18N4O. The maximum atomic E-state index is 12.3. The van der Waals surface area contributed by atoms with E-state index in [1.807, 2.05) is 54.8 Å². The van der Waals surface area contributed by atoms with Crippen LogP contribution in [0.5, 0.6) is 0 Å². The lowest BCUT2D eigenvalue weighted by Gasteiger charge is -2.11. The number of nitrogens with zero attached hydrogens (tertiary/aromatic N) is 2. The maximum absolute atomic E-state index is 12.3. The van der Waals surface area contributed by atoms with Crippen LogP contribution in [0.1, 0.15) is 11.4 Å². The number of hydrogen-bond acceptors (Lipinski definition) is 3. The Labute approximate surface area is 128 Å². The molecule has 0 bridgehead atoms. The van der Waals surface area contributed by atoms with Gasteiger partial charge in [-0.1, -0.05) is 12.1 Å². The average Bonchev–Trinajstić information content (AvgIpc) is 2.78. The predicted octanol–water partition coefficient (Wildman–Crippen LogP) is 2.87.